The molecular formula is C20H20F2N2O2. The third-order valence-corrected chi connectivity index (χ3v) is 5.19. The Bertz CT molecular complexity index is 832. The highest BCUT2D eigenvalue weighted by Crippen LogP contribution is 2.33. The number of nitrogens with one attached hydrogen (secondary N) is 1. The number of halogens is 2. The van der Waals surface area contributed by atoms with E-state index in [0.717, 1.165) is 37.6 Å². The number of piperidine rings is 1. The van der Waals surface area contributed by atoms with Crippen LogP contribution < -0.4 is 10.1 Å². The van der Waals surface area contributed by atoms with Crippen LogP contribution >= 0.6 is 0 Å². The number of hydrogen-bond acceptors (Lipinski definition) is 3. The van der Waals surface area contributed by atoms with Crippen LogP contribution in [-0.4, -0.2) is 36.0 Å². The van der Waals surface area contributed by atoms with Gasteiger partial charge in [0, 0.05) is 32.5 Å². The molecule has 2 aliphatic rings. The number of amides is 1. The molecule has 0 aromatic heterocycles. The SMILES string of the molecule is O=C1NCC2(CCN(Cc3ccc(F)c(F)c3)CC2)Oc2ccccc21. The maximum atomic E-state index is 13.4. The van der Waals surface area contributed by atoms with Gasteiger partial charge in [0.1, 0.15) is 11.4 Å². The summed E-state index contributed by atoms with van der Waals surface area (Å²) >= 11 is 0. The molecule has 1 fully saturated rings. The lowest BCUT2D eigenvalue weighted by Gasteiger charge is -2.41. The van der Waals surface area contributed by atoms with Crippen LogP contribution in [0.25, 0.3) is 0 Å². The smallest absolute Gasteiger partial charge is 0.255 e. The molecule has 2 heterocycles. The summed E-state index contributed by atoms with van der Waals surface area (Å²) in [4.78, 5) is 14.4. The second-order valence-electron chi connectivity index (χ2n) is 6.99. The Kier molecular flexibility index (Phi) is 4.36. The average molecular weight is 358 g/mol. The molecule has 2 aliphatic heterocycles. The van der Waals surface area contributed by atoms with Crippen molar-refractivity contribution >= 4 is 5.91 Å². The first-order valence-corrected chi connectivity index (χ1v) is 8.77. The number of carbonyl (C=O) groups is 1. The van der Waals surface area contributed by atoms with Crippen molar-refractivity contribution in [2.45, 2.75) is 25.0 Å². The van der Waals surface area contributed by atoms with Crippen LogP contribution in [0.5, 0.6) is 5.75 Å². The number of ether oxygens (including phenoxy) is 1. The molecule has 2 aromatic rings. The van der Waals surface area contributed by atoms with E-state index in [0.29, 0.717) is 24.4 Å². The number of rotatable bonds is 2. The topological polar surface area (TPSA) is 41.6 Å². The fourth-order valence-corrected chi connectivity index (χ4v) is 3.64. The summed E-state index contributed by atoms with van der Waals surface area (Å²) in [5, 5.41) is 2.97. The quantitative estimate of drug-likeness (QED) is 0.897. The maximum Gasteiger partial charge on any atom is 0.255 e. The van der Waals surface area contributed by atoms with Gasteiger partial charge < -0.3 is 10.1 Å². The molecule has 4 nitrogen and oxygen atoms in total. The van der Waals surface area contributed by atoms with Crippen LogP contribution in [0.1, 0.15) is 28.8 Å². The minimum absolute atomic E-state index is 0.110. The monoisotopic (exact) mass is 358 g/mol. The average Bonchev–Trinajstić information content (AvgIpc) is 2.78. The molecule has 1 saturated heterocycles. The summed E-state index contributed by atoms with van der Waals surface area (Å²) < 4.78 is 32.7. The van der Waals surface area contributed by atoms with Gasteiger partial charge in [-0.15, -0.1) is 0 Å². The Morgan fingerprint density at radius 1 is 1.08 bits per heavy atom. The van der Waals surface area contributed by atoms with Crippen molar-refractivity contribution < 1.29 is 18.3 Å². The predicted molar refractivity (Wildman–Crippen MR) is 93.0 cm³/mol. The van der Waals surface area contributed by atoms with Crippen LogP contribution in [0.4, 0.5) is 8.78 Å². The standard InChI is InChI=1S/C20H20F2N2O2/c21-16-6-5-14(11-17(16)22)12-24-9-7-20(8-10-24)13-23-19(25)15-3-1-2-4-18(15)26-20/h1-6,11H,7-10,12-13H2,(H,23,25). The fraction of sp³-hybridized carbons (Fsp3) is 0.350. The van der Waals surface area contributed by atoms with Gasteiger partial charge in [-0.3, -0.25) is 9.69 Å². The normalized spacial score (nSPS) is 19.4. The van der Waals surface area contributed by atoms with Gasteiger partial charge in [-0.2, -0.15) is 0 Å². The van der Waals surface area contributed by atoms with Gasteiger partial charge in [0.05, 0.1) is 12.1 Å². The van der Waals surface area contributed by atoms with Crippen LogP contribution in [0.2, 0.25) is 0 Å². The lowest BCUT2D eigenvalue weighted by Crippen LogP contribution is -2.53. The third kappa shape index (κ3) is 3.29. The summed E-state index contributed by atoms with van der Waals surface area (Å²) in [5.74, 6) is -1.13. The van der Waals surface area contributed by atoms with Crippen molar-refractivity contribution in [3.8, 4) is 5.75 Å². The van der Waals surface area contributed by atoms with E-state index >= 15 is 0 Å². The van der Waals surface area contributed by atoms with Gasteiger partial charge >= 0.3 is 0 Å². The van der Waals surface area contributed by atoms with E-state index in [1.54, 1.807) is 12.1 Å². The molecule has 1 amide bonds. The summed E-state index contributed by atoms with van der Waals surface area (Å²) in [6.07, 6.45) is 1.51. The first-order chi connectivity index (χ1) is 12.5. The largest absolute Gasteiger partial charge is 0.485 e. The molecular weight excluding hydrogens is 338 g/mol. The predicted octanol–water partition coefficient (Wildman–Crippen LogP) is 3.12. The highest BCUT2D eigenvalue weighted by Gasteiger charge is 2.39. The zero-order chi connectivity index (χ0) is 18.1. The minimum Gasteiger partial charge on any atom is -0.485 e. The third-order valence-electron chi connectivity index (χ3n) is 5.19. The summed E-state index contributed by atoms with van der Waals surface area (Å²) in [6.45, 7) is 2.56. The lowest BCUT2D eigenvalue weighted by atomic mass is 9.90. The molecule has 1 N–H and O–H groups in total. The van der Waals surface area contributed by atoms with Crippen molar-refractivity contribution in [3.05, 3.63) is 65.2 Å². The van der Waals surface area contributed by atoms with Gasteiger partial charge in [0.25, 0.3) is 5.91 Å². The van der Waals surface area contributed by atoms with E-state index in [9.17, 15) is 13.6 Å². The van der Waals surface area contributed by atoms with E-state index < -0.39 is 17.2 Å². The molecule has 2 aromatic carbocycles. The zero-order valence-corrected chi connectivity index (χ0v) is 14.3. The summed E-state index contributed by atoms with van der Waals surface area (Å²) in [7, 11) is 0. The van der Waals surface area contributed by atoms with Gasteiger partial charge in [0.15, 0.2) is 11.6 Å². The molecule has 26 heavy (non-hydrogen) atoms. The Hall–Kier alpha value is -2.47. The van der Waals surface area contributed by atoms with Crippen LogP contribution in [0.15, 0.2) is 42.5 Å². The highest BCUT2D eigenvalue weighted by molar-refractivity contribution is 5.97. The molecule has 0 bridgehead atoms. The first-order valence-electron chi connectivity index (χ1n) is 8.77. The Labute approximate surface area is 150 Å². The molecule has 0 unspecified atom stereocenters. The van der Waals surface area contributed by atoms with Gasteiger partial charge in [-0.25, -0.2) is 8.78 Å². The highest BCUT2D eigenvalue weighted by atomic mass is 19.2. The van der Waals surface area contributed by atoms with E-state index in [1.807, 2.05) is 18.2 Å². The van der Waals surface area contributed by atoms with E-state index in [2.05, 4.69) is 10.2 Å². The second kappa shape index (κ2) is 6.68. The minimum atomic E-state index is -0.826. The van der Waals surface area contributed by atoms with Gasteiger partial charge in [0.2, 0.25) is 0 Å². The lowest BCUT2D eigenvalue weighted by molar-refractivity contribution is 0.00392. The van der Waals surface area contributed by atoms with Gasteiger partial charge in [-0.05, 0) is 29.8 Å². The number of carbonyl (C=O) groups excluding carboxylic acids is 1. The molecule has 0 aliphatic carbocycles. The molecule has 0 radical (unpaired) electrons. The maximum absolute atomic E-state index is 13.4. The number of para-hydroxylation sites is 1. The Balaban J connectivity index is 1.44. The molecule has 136 valence electrons. The number of nitrogens with zero attached hydrogens (tertiary/aromatic N) is 1. The molecule has 6 heteroatoms. The number of hydrogen-bond donors (Lipinski definition) is 1. The van der Waals surface area contributed by atoms with Crippen molar-refractivity contribution in [1.29, 1.82) is 0 Å². The van der Waals surface area contributed by atoms with Crippen LogP contribution in [0.3, 0.4) is 0 Å². The van der Waals surface area contributed by atoms with Crippen LogP contribution in [0, 0.1) is 11.6 Å². The molecule has 4 rings (SSSR count). The zero-order valence-electron chi connectivity index (χ0n) is 14.3. The number of likely N-dealkylation sites (tertiary alicyclic amines) is 1. The first kappa shape index (κ1) is 17.0. The molecule has 0 atom stereocenters. The summed E-state index contributed by atoms with van der Waals surface area (Å²) in [5.41, 5.74) is 0.890. The number of fused-ring (bicyclic) bond motifs is 1. The Morgan fingerprint density at radius 3 is 2.62 bits per heavy atom. The Morgan fingerprint density at radius 2 is 1.85 bits per heavy atom. The fourth-order valence-electron chi connectivity index (χ4n) is 3.64. The van der Waals surface area contributed by atoms with Crippen molar-refractivity contribution in [2.75, 3.05) is 19.6 Å². The van der Waals surface area contributed by atoms with Crippen LogP contribution in [-0.2, 0) is 6.54 Å². The van der Waals surface area contributed by atoms with Crippen molar-refractivity contribution in [3.63, 3.8) is 0 Å². The second-order valence-corrected chi connectivity index (χ2v) is 6.99. The molecule has 1 spiro atoms. The van der Waals surface area contributed by atoms with Gasteiger partial charge in [-0.1, -0.05) is 18.2 Å². The van der Waals surface area contributed by atoms with Crippen molar-refractivity contribution in [2.24, 2.45) is 0 Å². The van der Waals surface area contributed by atoms with Crippen molar-refractivity contribution in [1.82, 2.24) is 10.2 Å². The number of benzene rings is 2. The molecule has 0 saturated carbocycles. The van der Waals surface area contributed by atoms with E-state index in [-0.39, 0.29) is 5.91 Å². The van der Waals surface area contributed by atoms with E-state index in [1.165, 1.54) is 6.07 Å². The summed E-state index contributed by atoms with van der Waals surface area (Å²) in [6, 6.07) is 11.3. The van der Waals surface area contributed by atoms with E-state index in [4.69, 9.17) is 4.74 Å².